The SMILES string of the molecule is COc1ccc2c(OC3CC4C(=O)NC5(C(=O)NS(=O)(=O)C6CC6)CC5/C=C\CCCCN(C)C(=O)N4C3)nc(-c3ccc(OC(F)(F)F)cc3)cc2c1. The van der Waals surface area contributed by atoms with E-state index >= 15 is 0 Å². The highest BCUT2D eigenvalue weighted by Crippen LogP contribution is 2.46. The van der Waals surface area contributed by atoms with Crippen LogP contribution in [0.4, 0.5) is 18.0 Å². The highest BCUT2D eigenvalue weighted by Gasteiger charge is 2.62. The minimum atomic E-state index is -4.85. The van der Waals surface area contributed by atoms with Gasteiger partial charge < -0.3 is 29.3 Å². The molecule has 3 heterocycles. The number of pyridine rings is 1. The monoisotopic (exact) mass is 771 g/mol. The van der Waals surface area contributed by atoms with Crippen molar-refractivity contribution < 1.29 is 50.2 Å². The number of sulfonamides is 1. The van der Waals surface area contributed by atoms with Gasteiger partial charge in [0.25, 0.3) is 5.91 Å². The zero-order valence-electron chi connectivity index (χ0n) is 29.6. The van der Waals surface area contributed by atoms with E-state index in [4.69, 9.17) is 14.5 Å². The van der Waals surface area contributed by atoms with Crippen LogP contribution in [0.15, 0.2) is 60.7 Å². The minimum absolute atomic E-state index is 0.00706. The topological polar surface area (TPSA) is 156 Å². The summed E-state index contributed by atoms with van der Waals surface area (Å²) in [5.41, 5.74) is -0.652. The number of hydrogen-bond acceptors (Lipinski definition) is 9. The van der Waals surface area contributed by atoms with Gasteiger partial charge in [-0.2, -0.15) is 0 Å². The van der Waals surface area contributed by atoms with Crippen LogP contribution in [0.1, 0.15) is 44.9 Å². The van der Waals surface area contributed by atoms with Gasteiger partial charge in [-0.05, 0) is 92.4 Å². The first-order valence-electron chi connectivity index (χ1n) is 17.7. The molecule has 0 spiro atoms. The number of amides is 4. The summed E-state index contributed by atoms with van der Waals surface area (Å²) in [5, 5.41) is 3.44. The van der Waals surface area contributed by atoms with Gasteiger partial charge in [0, 0.05) is 36.9 Å². The predicted molar refractivity (Wildman–Crippen MR) is 190 cm³/mol. The molecule has 2 aliphatic heterocycles. The summed E-state index contributed by atoms with van der Waals surface area (Å²) < 4.78 is 82.0. The van der Waals surface area contributed by atoms with Gasteiger partial charge in [0.1, 0.15) is 29.2 Å². The molecule has 2 saturated carbocycles. The fourth-order valence-corrected chi connectivity index (χ4v) is 8.41. The molecule has 13 nitrogen and oxygen atoms in total. The number of alkyl halides is 3. The van der Waals surface area contributed by atoms with E-state index in [1.165, 1.54) is 41.2 Å². The molecular formula is C37H40F3N5O8S. The standard InChI is InChI=1S/C37H40F3N5O8S/c1-44-16-6-4-3-5-7-24-20-36(24,34(47)43-54(49,50)28-13-14-28)42-32(46)31-19-27(21-45(31)35(44)48)52-33-29-15-12-26(51-2)17-23(29)18-30(41-33)22-8-10-25(11-9-22)53-37(38,39)40/h5,7-12,15,17-18,24,27-28,31H,3-4,6,13-14,16,19-21H2,1-2H3,(H,42,46)(H,43,47)/b7-5-. The predicted octanol–water partition coefficient (Wildman–Crippen LogP) is 4.91. The zero-order valence-corrected chi connectivity index (χ0v) is 30.4. The van der Waals surface area contributed by atoms with Crippen molar-refractivity contribution in [3.05, 3.63) is 60.7 Å². The molecule has 0 radical (unpaired) electrons. The number of urea groups is 1. The molecule has 3 aromatic rings. The van der Waals surface area contributed by atoms with Crippen molar-refractivity contribution >= 4 is 38.6 Å². The highest BCUT2D eigenvalue weighted by atomic mass is 32.2. The average molecular weight is 772 g/mol. The van der Waals surface area contributed by atoms with Crippen LogP contribution in [-0.4, -0.2) is 97.6 Å². The van der Waals surface area contributed by atoms with Crippen molar-refractivity contribution in [3.63, 3.8) is 0 Å². The number of fused-ring (bicyclic) bond motifs is 3. The van der Waals surface area contributed by atoms with Crippen LogP contribution in [-0.2, 0) is 19.6 Å². The summed E-state index contributed by atoms with van der Waals surface area (Å²) in [4.78, 5) is 49.3. The highest BCUT2D eigenvalue weighted by molar-refractivity contribution is 7.91. The van der Waals surface area contributed by atoms with E-state index in [0.717, 1.165) is 6.42 Å². The number of nitrogens with zero attached hydrogens (tertiary/aromatic N) is 3. The van der Waals surface area contributed by atoms with Crippen molar-refractivity contribution in [1.29, 1.82) is 0 Å². The number of carbonyl (C=O) groups excluding carboxylic acids is 3. The Labute approximate surface area is 309 Å². The van der Waals surface area contributed by atoms with Gasteiger partial charge in [-0.15, -0.1) is 13.2 Å². The third-order valence-corrected chi connectivity index (χ3v) is 12.1. The third-order valence-electron chi connectivity index (χ3n) is 10.2. The molecule has 1 saturated heterocycles. The maximum atomic E-state index is 14.2. The first-order valence-corrected chi connectivity index (χ1v) is 19.3. The van der Waals surface area contributed by atoms with Gasteiger partial charge in [-0.25, -0.2) is 18.2 Å². The molecule has 4 unspecified atom stereocenters. The van der Waals surface area contributed by atoms with Gasteiger partial charge in [0.15, 0.2) is 0 Å². The quantitative estimate of drug-likeness (QED) is 0.304. The van der Waals surface area contributed by atoms with Gasteiger partial charge in [-0.3, -0.25) is 14.3 Å². The maximum Gasteiger partial charge on any atom is 0.573 e. The van der Waals surface area contributed by atoms with Crippen LogP contribution in [0.3, 0.4) is 0 Å². The lowest BCUT2D eigenvalue weighted by Gasteiger charge is -2.30. The molecular weight excluding hydrogens is 731 g/mol. The number of benzene rings is 2. The summed E-state index contributed by atoms with van der Waals surface area (Å²) in [6.45, 7) is 0.438. The lowest BCUT2D eigenvalue weighted by molar-refractivity contribution is -0.274. The van der Waals surface area contributed by atoms with Crippen LogP contribution < -0.4 is 24.2 Å². The molecule has 2 aromatic carbocycles. The number of rotatable bonds is 8. The van der Waals surface area contributed by atoms with Crippen LogP contribution in [0.5, 0.6) is 17.4 Å². The molecule has 2 aliphatic carbocycles. The molecule has 1 aromatic heterocycles. The molecule has 7 rings (SSSR count). The summed E-state index contributed by atoms with van der Waals surface area (Å²) >= 11 is 0. The Bertz CT molecular complexity index is 2090. The second-order valence-electron chi connectivity index (χ2n) is 14.2. The summed E-state index contributed by atoms with van der Waals surface area (Å²) in [6, 6.07) is 10.7. The first kappa shape index (κ1) is 37.3. The molecule has 3 fully saturated rings. The number of allylic oxidation sites excluding steroid dienone is 1. The van der Waals surface area contributed by atoms with Gasteiger partial charge >= 0.3 is 12.4 Å². The van der Waals surface area contributed by atoms with Crippen molar-refractivity contribution in [2.75, 3.05) is 27.2 Å². The van der Waals surface area contributed by atoms with E-state index in [1.54, 1.807) is 31.3 Å². The molecule has 288 valence electrons. The van der Waals surface area contributed by atoms with E-state index < -0.39 is 68.8 Å². The Morgan fingerprint density at radius 1 is 1.06 bits per heavy atom. The van der Waals surface area contributed by atoms with Crippen LogP contribution in [0.2, 0.25) is 0 Å². The number of halogens is 3. The van der Waals surface area contributed by atoms with Crippen LogP contribution in [0.25, 0.3) is 22.0 Å². The van der Waals surface area contributed by atoms with Crippen molar-refractivity contribution in [3.8, 4) is 28.6 Å². The van der Waals surface area contributed by atoms with E-state index in [9.17, 15) is 36.0 Å². The molecule has 17 heteroatoms. The van der Waals surface area contributed by atoms with Crippen molar-refractivity contribution in [2.45, 2.75) is 74.2 Å². The Hall–Kier alpha value is -5.06. The Morgan fingerprint density at radius 2 is 1.80 bits per heavy atom. The Kier molecular flexibility index (Phi) is 9.87. The summed E-state index contributed by atoms with van der Waals surface area (Å²) in [7, 11) is -0.728. The van der Waals surface area contributed by atoms with Crippen LogP contribution in [0, 0.1) is 5.92 Å². The largest absolute Gasteiger partial charge is 0.573 e. The van der Waals surface area contributed by atoms with E-state index in [0.29, 0.717) is 60.0 Å². The fraction of sp³-hybridized carbons (Fsp3) is 0.459. The molecule has 4 atom stereocenters. The third kappa shape index (κ3) is 7.91. The molecule has 4 amide bonds. The van der Waals surface area contributed by atoms with Gasteiger partial charge in [0.2, 0.25) is 21.8 Å². The van der Waals surface area contributed by atoms with Crippen molar-refractivity contribution in [2.24, 2.45) is 5.92 Å². The lowest BCUT2D eigenvalue weighted by atomic mass is 10.1. The number of ether oxygens (including phenoxy) is 3. The molecule has 2 N–H and O–H groups in total. The second-order valence-corrected chi connectivity index (χ2v) is 16.2. The number of aromatic nitrogens is 1. The lowest BCUT2D eigenvalue weighted by Crippen LogP contribution is -2.57. The zero-order chi connectivity index (χ0) is 38.4. The van der Waals surface area contributed by atoms with Gasteiger partial charge in [0.05, 0.1) is 24.6 Å². The molecule has 0 bridgehead atoms. The average Bonchev–Trinajstić information content (AvgIpc) is 4.05. The molecule has 54 heavy (non-hydrogen) atoms. The van der Waals surface area contributed by atoms with Gasteiger partial charge in [-0.1, -0.05) is 12.2 Å². The minimum Gasteiger partial charge on any atom is -0.497 e. The van der Waals surface area contributed by atoms with E-state index in [2.05, 4.69) is 14.8 Å². The Balaban J connectivity index is 1.19. The second kappa shape index (κ2) is 14.3. The number of carbonyl (C=O) groups is 3. The molecule has 4 aliphatic rings. The van der Waals surface area contributed by atoms with E-state index in [-0.39, 0.29) is 25.3 Å². The van der Waals surface area contributed by atoms with E-state index in [1.807, 2.05) is 12.2 Å². The number of methoxy groups -OCH3 is 1. The fourth-order valence-electron chi connectivity index (χ4n) is 7.05. The Morgan fingerprint density at radius 3 is 2.50 bits per heavy atom. The summed E-state index contributed by atoms with van der Waals surface area (Å²) in [6.07, 6.45) is 1.48. The number of nitrogens with one attached hydrogen (secondary N) is 2. The normalized spacial score (nSPS) is 25.5. The summed E-state index contributed by atoms with van der Waals surface area (Å²) in [5.74, 6) is -1.54. The number of hydrogen-bond donors (Lipinski definition) is 2. The van der Waals surface area contributed by atoms with Crippen molar-refractivity contribution in [1.82, 2.24) is 24.8 Å². The smallest absolute Gasteiger partial charge is 0.497 e. The first-order chi connectivity index (χ1) is 25.7. The maximum absolute atomic E-state index is 14.2. The van der Waals surface area contributed by atoms with Crippen LogP contribution >= 0.6 is 0 Å².